The highest BCUT2D eigenvalue weighted by Gasteiger charge is 2.24. The minimum absolute atomic E-state index is 0.253. The molecule has 0 aliphatic carbocycles. The molecule has 8 nitrogen and oxygen atoms in total. The SMILES string of the molecule is CC(CO)N(C)C(=O)N[C@@H](CC(N)=O)C(=O)O. The van der Waals surface area contributed by atoms with Crippen LogP contribution >= 0.6 is 0 Å². The second kappa shape index (κ2) is 6.69. The third-order valence-electron chi connectivity index (χ3n) is 2.25. The number of amides is 3. The third kappa shape index (κ3) is 5.16. The monoisotopic (exact) mass is 247 g/mol. The van der Waals surface area contributed by atoms with E-state index in [4.69, 9.17) is 15.9 Å². The summed E-state index contributed by atoms with van der Waals surface area (Å²) in [5.74, 6) is -2.17. The summed E-state index contributed by atoms with van der Waals surface area (Å²) in [7, 11) is 1.40. The third-order valence-corrected chi connectivity index (χ3v) is 2.25. The van der Waals surface area contributed by atoms with Crippen LogP contribution in [0, 0.1) is 0 Å². The summed E-state index contributed by atoms with van der Waals surface area (Å²) >= 11 is 0. The van der Waals surface area contributed by atoms with Gasteiger partial charge in [-0.15, -0.1) is 0 Å². The smallest absolute Gasteiger partial charge is 0.326 e. The molecule has 0 aromatic heterocycles. The highest BCUT2D eigenvalue weighted by molar-refractivity contribution is 5.87. The Balaban J connectivity index is 4.50. The fourth-order valence-electron chi connectivity index (χ4n) is 0.975. The lowest BCUT2D eigenvalue weighted by Crippen LogP contribution is -2.50. The van der Waals surface area contributed by atoms with E-state index < -0.39 is 36.4 Å². The Bertz CT molecular complexity index is 307. The number of primary amides is 1. The van der Waals surface area contributed by atoms with Gasteiger partial charge in [-0.05, 0) is 6.92 Å². The standard InChI is InChI=1S/C9H17N3O5/c1-5(4-13)12(2)9(17)11-6(8(15)16)3-7(10)14/h5-6,13H,3-4H2,1-2H3,(H2,10,14)(H,11,17)(H,15,16)/t5?,6-/m0/s1. The molecule has 0 fully saturated rings. The molecule has 0 heterocycles. The first-order chi connectivity index (χ1) is 7.79. The lowest BCUT2D eigenvalue weighted by atomic mass is 10.2. The molecule has 0 radical (unpaired) electrons. The number of aliphatic carboxylic acids is 1. The van der Waals surface area contributed by atoms with Crippen molar-refractivity contribution < 1.29 is 24.6 Å². The van der Waals surface area contributed by atoms with Crippen LogP contribution < -0.4 is 11.1 Å². The summed E-state index contributed by atoms with van der Waals surface area (Å²) in [6.45, 7) is 1.33. The number of carbonyl (C=O) groups excluding carboxylic acids is 2. The Morgan fingerprint density at radius 2 is 1.94 bits per heavy atom. The molecular formula is C9H17N3O5. The van der Waals surface area contributed by atoms with Gasteiger partial charge in [0.25, 0.3) is 0 Å². The summed E-state index contributed by atoms with van der Waals surface area (Å²) < 4.78 is 0. The van der Waals surface area contributed by atoms with Crippen LogP contribution in [0.1, 0.15) is 13.3 Å². The van der Waals surface area contributed by atoms with Crippen LogP contribution in [0.4, 0.5) is 4.79 Å². The van der Waals surface area contributed by atoms with E-state index in [2.05, 4.69) is 5.32 Å². The first kappa shape index (κ1) is 15.2. The number of aliphatic hydroxyl groups is 1. The first-order valence-corrected chi connectivity index (χ1v) is 4.94. The molecule has 0 aliphatic rings. The number of urea groups is 1. The minimum atomic E-state index is -1.37. The van der Waals surface area contributed by atoms with Crippen LogP contribution in [0.15, 0.2) is 0 Å². The molecule has 0 aromatic carbocycles. The summed E-state index contributed by atoms with van der Waals surface area (Å²) in [5.41, 5.74) is 4.86. The van der Waals surface area contributed by atoms with Crippen molar-refractivity contribution in [2.75, 3.05) is 13.7 Å². The lowest BCUT2D eigenvalue weighted by molar-refractivity contribution is -0.141. The second-order valence-electron chi connectivity index (χ2n) is 3.65. The molecule has 0 saturated carbocycles. The fraction of sp³-hybridized carbons (Fsp3) is 0.667. The van der Waals surface area contributed by atoms with Gasteiger partial charge in [0.05, 0.1) is 19.1 Å². The van der Waals surface area contributed by atoms with Crippen molar-refractivity contribution in [2.45, 2.75) is 25.4 Å². The van der Waals surface area contributed by atoms with E-state index in [9.17, 15) is 14.4 Å². The highest BCUT2D eigenvalue weighted by Crippen LogP contribution is 1.98. The predicted octanol–water partition coefficient (Wildman–Crippen LogP) is -1.66. The Kier molecular flexibility index (Phi) is 5.97. The summed E-state index contributed by atoms with van der Waals surface area (Å²) in [6.07, 6.45) is -0.484. The number of nitrogens with one attached hydrogen (secondary N) is 1. The molecule has 0 bridgehead atoms. The van der Waals surface area contributed by atoms with Gasteiger partial charge < -0.3 is 26.2 Å². The average Bonchev–Trinajstić information content (AvgIpc) is 2.25. The Morgan fingerprint density at radius 3 is 2.29 bits per heavy atom. The zero-order valence-corrected chi connectivity index (χ0v) is 9.71. The molecule has 0 aliphatic heterocycles. The summed E-state index contributed by atoms with van der Waals surface area (Å²) in [4.78, 5) is 34.0. The Labute approximate surface area is 98.4 Å². The van der Waals surface area contributed by atoms with Gasteiger partial charge in [-0.25, -0.2) is 9.59 Å². The second-order valence-corrected chi connectivity index (χ2v) is 3.65. The normalized spacial score (nSPS) is 13.6. The van der Waals surface area contributed by atoms with Gasteiger partial charge in [-0.2, -0.15) is 0 Å². The highest BCUT2D eigenvalue weighted by atomic mass is 16.4. The van der Waals surface area contributed by atoms with Crippen molar-refractivity contribution in [1.82, 2.24) is 10.2 Å². The number of rotatable bonds is 6. The maximum Gasteiger partial charge on any atom is 0.326 e. The quantitative estimate of drug-likeness (QED) is 0.445. The fourth-order valence-corrected chi connectivity index (χ4v) is 0.975. The molecule has 5 N–H and O–H groups in total. The number of nitrogens with two attached hydrogens (primary N) is 1. The van der Waals surface area contributed by atoms with Gasteiger partial charge in [-0.1, -0.05) is 0 Å². The van der Waals surface area contributed by atoms with Crippen molar-refractivity contribution in [1.29, 1.82) is 0 Å². The number of hydrogen-bond acceptors (Lipinski definition) is 4. The Morgan fingerprint density at radius 1 is 1.41 bits per heavy atom. The van der Waals surface area contributed by atoms with Gasteiger partial charge >= 0.3 is 12.0 Å². The zero-order valence-electron chi connectivity index (χ0n) is 9.71. The molecule has 0 aromatic rings. The molecule has 0 rings (SSSR count). The van der Waals surface area contributed by atoms with E-state index in [1.54, 1.807) is 6.92 Å². The summed E-state index contributed by atoms with van der Waals surface area (Å²) in [5, 5.41) is 19.7. The van der Waals surface area contributed by atoms with Crippen molar-refractivity contribution in [3.63, 3.8) is 0 Å². The predicted molar refractivity (Wildman–Crippen MR) is 58.1 cm³/mol. The first-order valence-electron chi connectivity index (χ1n) is 4.94. The average molecular weight is 247 g/mol. The number of nitrogens with zero attached hydrogens (tertiary/aromatic N) is 1. The molecule has 0 saturated heterocycles. The van der Waals surface area contributed by atoms with E-state index in [-0.39, 0.29) is 6.61 Å². The van der Waals surface area contributed by atoms with Crippen LogP contribution in [-0.2, 0) is 9.59 Å². The maximum atomic E-state index is 11.5. The molecule has 98 valence electrons. The molecule has 3 amide bonds. The lowest BCUT2D eigenvalue weighted by Gasteiger charge is -2.25. The van der Waals surface area contributed by atoms with Gasteiger partial charge in [0, 0.05) is 7.05 Å². The van der Waals surface area contributed by atoms with Crippen LogP contribution in [0.3, 0.4) is 0 Å². The number of carbonyl (C=O) groups is 3. The van der Waals surface area contributed by atoms with E-state index in [0.29, 0.717) is 0 Å². The maximum absolute atomic E-state index is 11.5. The topological polar surface area (TPSA) is 133 Å². The molecule has 8 heteroatoms. The largest absolute Gasteiger partial charge is 0.480 e. The van der Waals surface area contributed by atoms with Crippen molar-refractivity contribution in [2.24, 2.45) is 5.73 Å². The minimum Gasteiger partial charge on any atom is -0.480 e. The number of carboxylic acid groups (broad SMARTS) is 1. The van der Waals surface area contributed by atoms with E-state index in [1.165, 1.54) is 7.05 Å². The van der Waals surface area contributed by atoms with E-state index in [1.807, 2.05) is 0 Å². The number of hydrogen-bond donors (Lipinski definition) is 4. The van der Waals surface area contributed by atoms with Crippen LogP contribution in [0.5, 0.6) is 0 Å². The Hall–Kier alpha value is -1.83. The molecule has 1 unspecified atom stereocenters. The van der Waals surface area contributed by atoms with Crippen LogP contribution in [0.25, 0.3) is 0 Å². The molecule has 17 heavy (non-hydrogen) atoms. The number of aliphatic hydroxyl groups excluding tert-OH is 1. The van der Waals surface area contributed by atoms with Gasteiger partial charge in [0.1, 0.15) is 6.04 Å². The number of carboxylic acids is 1. The zero-order chi connectivity index (χ0) is 13.6. The summed E-state index contributed by atoms with van der Waals surface area (Å²) in [6, 6.07) is -2.52. The molecular weight excluding hydrogens is 230 g/mol. The van der Waals surface area contributed by atoms with Crippen molar-refractivity contribution >= 4 is 17.9 Å². The van der Waals surface area contributed by atoms with Crippen LogP contribution in [-0.4, -0.2) is 58.8 Å². The van der Waals surface area contributed by atoms with Gasteiger partial charge in [0.15, 0.2) is 0 Å². The van der Waals surface area contributed by atoms with Crippen molar-refractivity contribution in [3.8, 4) is 0 Å². The van der Waals surface area contributed by atoms with Crippen molar-refractivity contribution in [3.05, 3.63) is 0 Å². The van der Waals surface area contributed by atoms with Crippen LogP contribution in [0.2, 0.25) is 0 Å². The molecule has 0 spiro atoms. The van der Waals surface area contributed by atoms with Gasteiger partial charge in [0.2, 0.25) is 5.91 Å². The number of likely N-dealkylation sites (N-methyl/N-ethyl adjacent to an activating group) is 1. The van der Waals surface area contributed by atoms with Gasteiger partial charge in [-0.3, -0.25) is 4.79 Å². The van der Waals surface area contributed by atoms with E-state index >= 15 is 0 Å². The molecule has 2 atom stereocenters. The van der Waals surface area contributed by atoms with E-state index in [0.717, 1.165) is 4.90 Å².